The zero-order valence-electron chi connectivity index (χ0n) is 10.5. The van der Waals surface area contributed by atoms with Gasteiger partial charge in [-0.3, -0.25) is 9.78 Å². The quantitative estimate of drug-likeness (QED) is 0.687. The number of nitrogens with one attached hydrogen (secondary N) is 2. The molecule has 1 unspecified atom stereocenters. The molecule has 2 aromatic heterocycles. The Morgan fingerprint density at radius 1 is 1.58 bits per heavy atom. The predicted octanol–water partition coefficient (Wildman–Crippen LogP) is -0.357. The third-order valence-electron chi connectivity index (χ3n) is 2.54. The molecule has 0 aromatic carbocycles. The number of aromatic amines is 1. The van der Waals surface area contributed by atoms with Crippen LogP contribution in [-0.2, 0) is 16.6 Å². The van der Waals surface area contributed by atoms with Crippen molar-refractivity contribution in [2.24, 2.45) is 0 Å². The fourth-order valence-electron chi connectivity index (χ4n) is 1.56. The van der Waals surface area contributed by atoms with Gasteiger partial charge in [0.1, 0.15) is 17.0 Å². The van der Waals surface area contributed by atoms with Crippen LogP contribution in [0.4, 0.5) is 5.82 Å². The highest BCUT2D eigenvalue weighted by molar-refractivity contribution is 7.89. The molecule has 10 heteroatoms. The van der Waals surface area contributed by atoms with Crippen molar-refractivity contribution in [3.05, 3.63) is 18.3 Å². The van der Waals surface area contributed by atoms with Crippen molar-refractivity contribution >= 4 is 15.8 Å². The fourth-order valence-corrected chi connectivity index (χ4v) is 2.84. The van der Waals surface area contributed by atoms with Crippen LogP contribution in [0.25, 0.3) is 0 Å². The molecule has 2 aromatic rings. The van der Waals surface area contributed by atoms with Crippen LogP contribution in [0.15, 0.2) is 17.4 Å². The lowest BCUT2D eigenvalue weighted by atomic mass is 10.3. The molecule has 2 rings (SSSR count). The van der Waals surface area contributed by atoms with Crippen molar-refractivity contribution in [1.29, 1.82) is 0 Å². The van der Waals surface area contributed by atoms with Crippen molar-refractivity contribution in [2.45, 2.75) is 31.3 Å². The minimum absolute atomic E-state index is 0.0286. The number of nitrogens with two attached hydrogens (primary N) is 1. The molecule has 0 bridgehead atoms. The van der Waals surface area contributed by atoms with Gasteiger partial charge in [-0.1, -0.05) is 0 Å². The van der Waals surface area contributed by atoms with E-state index in [2.05, 4.69) is 25.0 Å². The Labute approximate surface area is 110 Å². The van der Waals surface area contributed by atoms with Crippen molar-refractivity contribution in [3.63, 3.8) is 0 Å². The van der Waals surface area contributed by atoms with E-state index in [1.54, 1.807) is 6.92 Å². The van der Waals surface area contributed by atoms with Crippen LogP contribution in [0.3, 0.4) is 0 Å². The molecule has 0 saturated carbocycles. The molecule has 0 spiro atoms. The number of rotatable bonds is 5. The lowest BCUT2D eigenvalue weighted by molar-refractivity contribution is 0.560. The van der Waals surface area contributed by atoms with Gasteiger partial charge >= 0.3 is 0 Å². The Bertz CT molecular complexity index is 646. The van der Waals surface area contributed by atoms with E-state index >= 15 is 0 Å². The maximum atomic E-state index is 12.2. The summed E-state index contributed by atoms with van der Waals surface area (Å²) in [6, 6.07) is -0.545. The number of hydrogen-bond donors (Lipinski definition) is 3. The molecule has 9 nitrogen and oxygen atoms in total. The van der Waals surface area contributed by atoms with Crippen molar-refractivity contribution in [2.75, 3.05) is 5.73 Å². The van der Waals surface area contributed by atoms with Gasteiger partial charge in [-0.25, -0.2) is 18.1 Å². The number of anilines is 1. The van der Waals surface area contributed by atoms with Crippen LogP contribution in [0.5, 0.6) is 0 Å². The van der Waals surface area contributed by atoms with Crippen LogP contribution >= 0.6 is 0 Å². The maximum absolute atomic E-state index is 12.2. The van der Waals surface area contributed by atoms with Gasteiger partial charge in [-0.15, -0.1) is 0 Å². The Hall–Kier alpha value is -1.94. The number of hydrogen-bond acceptors (Lipinski definition) is 6. The molecule has 1 atom stereocenters. The number of aromatic nitrogens is 5. The maximum Gasteiger partial charge on any atom is 0.246 e. The monoisotopic (exact) mass is 285 g/mol. The van der Waals surface area contributed by atoms with Crippen LogP contribution in [0.2, 0.25) is 0 Å². The molecule has 4 N–H and O–H groups in total. The molecule has 0 aliphatic carbocycles. The largest absolute Gasteiger partial charge is 0.381 e. The molecule has 19 heavy (non-hydrogen) atoms. The molecule has 104 valence electrons. The average Bonchev–Trinajstić information content (AvgIpc) is 2.96. The second-order valence-corrected chi connectivity index (χ2v) is 5.63. The van der Waals surface area contributed by atoms with Crippen molar-refractivity contribution in [3.8, 4) is 0 Å². The smallest absolute Gasteiger partial charge is 0.246 e. The van der Waals surface area contributed by atoms with Gasteiger partial charge in [0.2, 0.25) is 10.0 Å². The van der Waals surface area contributed by atoms with Gasteiger partial charge in [0.25, 0.3) is 0 Å². The van der Waals surface area contributed by atoms with E-state index in [0.717, 1.165) is 0 Å². The number of H-pyrrole nitrogens is 1. The Morgan fingerprint density at radius 2 is 2.32 bits per heavy atom. The predicted molar refractivity (Wildman–Crippen MR) is 67.4 cm³/mol. The fraction of sp³-hybridized carbons (Fsp3) is 0.444. The molecule has 0 aliphatic rings. The Balaban J connectivity index is 2.25. The normalized spacial score (nSPS) is 13.6. The number of aryl methyl sites for hydroxylation is 1. The number of nitrogens with zero attached hydrogens (tertiary/aromatic N) is 4. The van der Waals surface area contributed by atoms with Gasteiger partial charge in [0.05, 0.1) is 6.04 Å². The Morgan fingerprint density at radius 3 is 2.84 bits per heavy atom. The Kier molecular flexibility index (Phi) is 3.53. The van der Waals surface area contributed by atoms with E-state index in [0.29, 0.717) is 12.4 Å². The van der Waals surface area contributed by atoms with Crippen LogP contribution in [0.1, 0.15) is 25.7 Å². The summed E-state index contributed by atoms with van der Waals surface area (Å²) in [6.07, 6.45) is 2.70. The minimum atomic E-state index is -3.75. The third-order valence-corrected chi connectivity index (χ3v) is 4.10. The highest BCUT2D eigenvalue weighted by Crippen LogP contribution is 2.18. The summed E-state index contributed by atoms with van der Waals surface area (Å²) in [5.41, 5.74) is 5.61. The summed E-state index contributed by atoms with van der Waals surface area (Å²) >= 11 is 0. The van der Waals surface area contributed by atoms with Gasteiger partial charge in [-0.05, 0) is 13.8 Å². The van der Waals surface area contributed by atoms with Crippen molar-refractivity contribution in [1.82, 2.24) is 29.7 Å². The number of sulfonamides is 1. The third kappa shape index (κ3) is 2.74. The second kappa shape index (κ2) is 4.97. The second-order valence-electron chi connectivity index (χ2n) is 3.95. The van der Waals surface area contributed by atoms with E-state index in [-0.39, 0.29) is 10.7 Å². The molecule has 0 saturated heterocycles. The molecule has 2 heterocycles. The van der Waals surface area contributed by atoms with Crippen LogP contribution in [-0.4, -0.2) is 33.4 Å². The summed E-state index contributed by atoms with van der Waals surface area (Å²) < 4.78 is 28.3. The molecular formula is C9H15N7O2S. The molecule has 0 aliphatic heterocycles. The van der Waals surface area contributed by atoms with Crippen LogP contribution < -0.4 is 10.5 Å². The summed E-state index contributed by atoms with van der Waals surface area (Å²) in [7, 11) is -3.75. The molecule has 0 radical (unpaired) electrons. The van der Waals surface area contributed by atoms with E-state index in [1.807, 2.05) is 6.92 Å². The zero-order chi connectivity index (χ0) is 14.0. The van der Waals surface area contributed by atoms with Crippen molar-refractivity contribution < 1.29 is 8.42 Å². The van der Waals surface area contributed by atoms with E-state index in [9.17, 15) is 8.42 Å². The standard InChI is InChI=1S/C9H15N7O2S/c1-3-16-4-7(8(10)14-16)19(17,18)15-6(2)9-11-5-12-13-9/h4-6,15H,3H2,1-2H3,(H2,10,14)(H,11,12,13). The van der Waals surface area contributed by atoms with Gasteiger partial charge in [0.15, 0.2) is 5.82 Å². The SMILES string of the molecule is CCn1cc(S(=O)(=O)NC(C)c2ncn[nH]2)c(N)n1. The first-order chi connectivity index (χ1) is 8.94. The van der Waals surface area contributed by atoms with Gasteiger partial charge in [0, 0.05) is 12.7 Å². The van der Waals surface area contributed by atoms with E-state index in [4.69, 9.17) is 5.73 Å². The van der Waals surface area contributed by atoms with E-state index in [1.165, 1.54) is 17.2 Å². The van der Waals surface area contributed by atoms with Crippen LogP contribution in [0, 0.1) is 0 Å². The summed E-state index contributed by atoms with van der Waals surface area (Å²) in [6.45, 7) is 4.03. The zero-order valence-corrected chi connectivity index (χ0v) is 11.3. The summed E-state index contributed by atoms with van der Waals surface area (Å²) in [4.78, 5) is 3.85. The summed E-state index contributed by atoms with van der Waals surface area (Å²) in [5, 5.41) is 10.2. The molecule has 0 amide bonds. The highest BCUT2D eigenvalue weighted by atomic mass is 32.2. The number of nitrogen functional groups attached to an aromatic ring is 1. The van der Waals surface area contributed by atoms with E-state index < -0.39 is 16.1 Å². The highest BCUT2D eigenvalue weighted by Gasteiger charge is 2.24. The average molecular weight is 285 g/mol. The molecular weight excluding hydrogens is 270 g/mol. The van der Waals surface area contributed by atoms with Gasteiger partial charge < -0.3 is 5.73 Å². The minimum Gasteiger partial charge on any atom is -0.381 e. The lowest BCUT2D eigenvalue weighted by Crippen LogP contribution is -2.28. The topological polar surface area (TPSA) is 132 Å². The lowest BCUT2D eigenvalue weighted by Gasteiger charge is -2.10. The first kappa shape index (κ1) is 13.5. The first-order valence-electron chi connectivity index (χ1n) is 5.64. The van der Waals surface area contributed by atoms with Gasteiger partial charge in [-0.2, -0.15) is 10.2 Å². The summed E-state index contributed by atoms with van der Waals surface area (Å²) in [5.74, 6) is 0.393. The first-order valence-corrected chi connectivity index (χ1v) is 7.13. The molecule has 0 fully saturated rings.